The highest BCUT2D eigenvalue weighted by Crippen LogP contribution is 2.18. The van der Waals surface area contributed by atoms with Gasteiger partial charge in [0.25, 0.3) is 0 Å². The molecule has 2 rings (SSSR count). The third-order valence-electron chi connectivity index (χ3n) is 2.46. The molecule has 15 heavy (non-hydrogen) atoms. The van der Waals surface area contributed by atoms with Crippen LogP contribution in [-0.4, -0.2) is 52.5 Å². The number of aliphatic hydroxyl groups is 2. The summed E-state index contributed by atoms with van der Waals surface area (Å²) in [6, 6.07) is 0. The molecule has 0 amide bonds. The highest BCUT2D eigenvalue weighted by molar-refractivity contribution is 5.44. The molecule has 1 aromatic rings. The monoisotopic (exact) mass is 210 g/mol. The van der Waals surface area contributed by atoms with E-state index in [2.05, 4.69) is 15.3 Å². The first-order valence-corrected chi connectivity index (χ1v) is 4.81. The van der Waals surface area contributed by atoms with Crippen molar-refractivity contribution >= 4 is 11.6 Å². The fraction of sp³-hybridized carbons (Fsp3) is 0.556. The number of aliphatic hydroxyl groups excluding tert-OH is 2. The molecular formula is C9H14N4O2. The molecule has 2 heterocycles. The molecule has 2 atom stereocenters. The lowest BCUT2D eigenvalue weighted by Crippen LogP contribution is -2.22. The summed E-state index contributed by atoms with van der Waals surface area (Å²) >= 11 is 0. The Labute approximate surface area is 87.6 Å². The van der Waals surface area contributed by atoms with Crippen LogP contribution in [0.15, 0.2) is 12.4 Å². The van der Waals surface area contributed by atoms with Gasteiger partial charge < -0.3 is 20.4 Å². The van der Waals surface area contributed by atoms with Crippen molar-refractivity contribution in [1.82, 2.24) is 9.97 Å². The lowest BCUT2D eigenvalue weighted by molar-refractivity contribution is 0.0572. The predicted octanol–water partition coefficient (Wildman–Crippen LogP) is -0.940. The molecule has 6 nitrogen and oxygen atoms in total. The van der Waals surface area contributed by atoms with E-state index in [1.54, 1.807) is 19.4 Å². The van der Waals surface area contributed by atoms with Gasteiger partial charge in [-0.05, 0) is 0 Å². The van der Waals surface area contributed by atoms with E-state index in [0.29, 0.717) is 24.7 Å². The van der Waals surface area contributed by atoms with E-state index in [1.165, 1.54) is 0 Å². The van der Waals surface area contributed by atoms with Gasteiger partial charge in [0.05, 0.1) is 24.6 Å². The summed E-state index contributed by atoms with van der Waals surface area (Å²) in [7, 11) is 1.77. The fourth-order valence-electron chi connectivity index (χ4n) is 1.59. The average molecular weight is 210 g/mol. The summed E-state index contributed by atoms with van der Waals surface area (Å²) in [4.78, 5) is 10.1. The van der Waals surface area contributed by atoms with Crippen LogP contribution in [0, 0.1) is 0 Å². The number of β-amino-alcohol motifs (C(OH)–C–C–N with tert-alkyl or cyclic N) is 2. The molecule has 1 aliphatic rings. The van der Waals surface area contributed by atoms with Gasteiger partial charge in [0, 0.05) is 20.1 Å². The van der Waals surface area contributed by atoms with Gasteiger partial charge in [-0.25, -0.2) is 4.98 Å². The lowest BCUT2D eigenvalue weighted by atomic mass is 10.3. The second-order valence-electron chi connectivity index (χ2n) is 3.55. The van der Waals surface area contributed by atoms with Crippen LogP contribution < -0.4 is 10.2 Å². The van der Waals surface area contributed by atoms with E-state index in [0.717, 1.165) is 0 Å². The minimum absolute atomic E-state index is 0.392. The van der Waals surface area contributed by atoms with E-state index in [4.69, 9.17) is 0 Å². The van der Waals surface area contributed by atoms with Gasteiger partial charge in [-0.3, -0.25) is 4.98 Å². The maximum absolute atomic E-state index is 9.40. The normalized spacial score (nSPS) is 25.7. The molecule has 0 radical (unpaired) electrons. The first kappa shape index (κ1) is 10.1. The van der Waals surface area contributed by atoms with Gasteiger partial charge in [-0.15, -0.1) is 0 Å². The second kappa shape index (κ2) is 4.00. The summed E-state index contributed by atoms with van der Waals surface area (Å²) in [5.74, 6) is 1.33. The van der Waals surface area contributed by atoms with Gasteiger partial charge in [0.2, 0.25) is 0 Å². The Morgan fingerprint density at radius 2 is 2.00 bits per heavy atom. The van der Waals surface area contributed by atoms with Crippen LogP contribution in [0.5, 0.6) is 0 Å². The minimum atomic E-state index is -0.704. The van der Waals surface area contributed by atoms with Gasteiger partial charge in [-0.2, -0.15) is 0 Å². The predicted molar refractivity (Wildman–Crippen MR) is 55.8 cm³/mol. The highest BCUT2D eigenvalue weighted by atomic mass is 16.3. The van der Waals surface area contributed by atoms with Crippen LogP contribution in [0.25, 0.3) is 0 Å². The largest absolute Gasteiger partial charge is 0.389 e. The molecule has 0 saturated carbocycles. The smallest absolute Gasteiger partial charge is 0.149 e. The molecule has 3 N–H and O–H groups in total. The molecular weight excluding hydrogens is 196 g/mol. The van der Waals surface area contributed by atoms with Crippen molar-refractivity contribution in [2.75, 3.05) is 30.4 Å². The molecule has 2 unspecified atom stereocenters. The number of aromatic nitrogens is 2. The summed E-state index contributed by atoms with van der Waals surface area (Å²) in [5.41, 5.74) is 0. The lowest BCUT2D eigenvalue weighted by Gasteiger charge is -2.16. The number of anilines is 2. The molecule has 1 aliphatic heterocycles. The fourth-order valence-corrected chi connectivity index (χ4v) is 1.59. The molecule has 1 aromatic heterocycles. The second-order valence-corrected chi connectivity index (χ2v) is 3.55. The van der Waals surface area contributed by atoms with Gasteiger partial charge in [0.1, 0.15) is 11.6 Å². The zero-order valence-electron chi connectivity index (χ0n) is 8.46. The third kappa shape index (κ3) is 2.00. The number of nitrogens with zero attached hydrogens (tertiary/aromatic N) is 3. The van der Waals surface area contributed by atoms with Gasteiger partial charge in [-0.1, -0.05) is 0 Å². The van der Waals surface area contributed by atoms with Crippen molar-refractivity contribution in [3.63, 3.8) is 0 Å². The van der Waals surface area contributed by atoms with E-state index in [9.17, 15) is 10.2 Å². The van der Waals surface area contributed by atoms with Gasteiger partial charge >= 0.3 is 0 Å². The molecule has 0 aliphatic carbocycles. The number of rotatable bonds is 2. The van der Waals surface area contributed by atoms with Gasteiger partial charge in [0.15, 0.2) is 0 Å². The number of nitrogens with one attached hydrogen (secondary N) is 1. The molecule has 1 fully saturated rings. The van der Waals surface area contributed by atoms with Crippen LogP contribution >= 0.6 is 0 Å². The first-order valence-electron chi connectivity index (χ1n) is 4.81. The zero-order chi connectivity index (χ0) is 10.8. The standard InChI is InChI=1S/C9H14N4O2/c1-10-8-2-11-3-9(12-8)13-4-6(14)7(15)5-13/h2-3,6-7,14-15H,4-5H2,1H3,(H,10,12). The Balaban J connectivity index is 2.16. The maximum Gasteiger partial charge on any atom is 0.149 e. The van der Waals surface area contributed by atoms with Crippen LogP contribution in [-0.2, 0) is 0 Å². The Bertz CT molecular complexity index is 337. The number of hydrogen-bond acceptors (Lipinski definition) is 6. The Morgan fingerprint density at radius 1 is 1.33 bits per heavy atom. The highest BCUT2D eigenvalue weighted by Gasteiger charge is 2.30. The third-order valence-corrected chi connectivity index (χ3v) is 2.46. The Kier molecular flexibility index (Phi) is 2.70. The molecule has 0 spiro atoms. The molecule has 82 valence electrons. The van der Waals surface area contributed by atoms with Crippen molar-refractivity contribution < 1.29 is 10.2 Å². The van der Waals surface area contributed by atoms with Crippen molar-refractivity contribution in [3.05, 3.63) is 12.4 Å². The molecule has 1 saturated heterocycles. The first-order chi connectivity index (χ1) is 7.20. The molecule has 0 bridgehead atoms. The van der Waals surface area contributed by atoms with Crippen molar-refractivity contribution in [1.29, 1.82) is 0 Å². The van der Waals surface area contributed by atoms with E-state index in [1.807, 2.05) is 4.90 Å². The average Bonchev–Trinajstić information content (AvgIpc) is 2.59. The van der Waals surface area contributed by atoms with Crippen LogP contribution in [0.3, 0.4) is 0 Å². The summed E-state index contributed by atoms with van der Waals surface area (Å²) in [6.07, 6.45) is 1.83. The van der Waals surface area contributed by atoms with Crippen molar-refractivity contribution in [2.24, 2.45) is 0 Å². The van der Waals surface area contributed by atoms with Crippen LogP contribution in [0.1, 0.15) is 0 Å². The minimum Gasteiger partial charge on any atom is -0.389 e. The summed E-state index contributed by atoms with van der Waals surface area (Å²) in [6.45, 7) is 0.784. The van der Waals surface area contributed by atoms with Crippen LogP contribution in [0.4, 0.5) is 11.6 Å². The molecule has 6 heteroatoms. The Morgan fingerprint density at radius 3 is 2.60 bits per heavy atom. The Hall–Kier alpha value is -1.40. The van der Waals surface area contributed by atoms with Crippen molar-refractivity contribution in [3.8, 4) is 0 Å². The zero-order valence-corrected chi connectivity index (χ0v) is 8.46. The van der Waals surface area contributed by atoms with E-state index in [-0.39, 0.29) is 0 Å². The summed E-state index contributed by atoms with van der Waals surface area (Å²) < 4.78 is 0. The van der Waals surface area contributed by atoms with Crippen molar-refractivity contribution in [2.45, 2.75) is 12.2 Å². The maximum atomic E-state index is 9.40. The quantitative estimate of drug-likeness (QED) is 0.584. The molecule has 0 aromatic carbocycles. The van der Waals surface area contributed by atoms with E-state index < -0.39 is 12.2 Å². The topological polar surface area (TPSA) is 81.5 Å². The summed E-state index contributed by atoms with van der Waals surface area (Å²) in [5, 5.41) is 21.7. The van der Waals surface area contributed by atoms with Crippen LogP contribution in [0.2, 0.25) is 0 Å². The van der Waals surface area contributed by atoms with E-state index >= 15 is 0 Å². The SMILES string of the molecule is CNc1cncc(N2CC(O)C(O)C2)n1. The number of hydrogen-bond donors (Lipinski definition) is 3.